The fourth-order valence-corrected chi connectivity index (χ4v) is 4.18. The van der Waals surface area contributed by atoms with Gasteiger partial charge >= 0.3 is 0 Å². The minimum Gasteiger partial charge on any atom is -0.309 e. The van der Waals surface area contributed by atoms with Crippen LogP contribution in [0.15, 0.2) is 47.4 Å². The number of carbonyl (C=O) groups is 1. The van der Waals surface area contributed by atoms with Gasteiger partial charge in [-0.2, -0.15) is 4.58 Å². The number of Topliss-reactive ketones (excluding diaryl/α,β-unsaturated/α-hetero) is 1. The molecule has 1 aromatic carbocycles. The molecule has 1 aliphatic heterocycles. The summed E-state index contributed by atoms with van der Waals surface area (Å²) in [4.78, 5) is 15.2. The van der Waals surface area contributed by atoms with Crippen molar-refractivity contribution in [2.24, 2.45) is 0 Å². The number of hydrogen-bond acceptors (Lipinski definition) is 3. The summed E-state index contributed by atoms with van der Waals surface area (Å²) in [5, 5.41) is 0.370. The van der Waals surface area contributed by atoms with Gasteiger partial charge in [-0.05, 0) is 33.2 Å². The molecule has 3 nitrogen and oxygen atoms in total. The number of thioether (sulfide) groups is 1. The largest absolute Gasteiger partial charge is 0.309 e. The van der Waals surface area contributed by atoms with Crippen LogP contribution in [0, 0.1) is 0 Å². The van der Waals surface area contributed by atoms with E-state index < -0.39 is 0 Å². The van der Waals surface area contributed by atoms with Crippen molar-refractivity contribution in [1.82, 2.24) is 4.90 Å². The highest BCUT2D eigenvalue weighted by Crippen LogP contribution is 2.39. The second-order valence-corrected chi connectivity index (χ2v) is 7.44. The number of ketones is 1. The van der Waals surface area contributed by atoms with E-state index in [1.165, 1.54) is 16.3 Å². The van der Waals surface area contributed by atoms with E-state index in [4.69, 9.17) is 0 Å². The summed E-state index contributed by atoms with van der Waals surface area (Å²) >= 11 is 1.87. The summed E-state index contributed by atoms with van der Waals surface area (Å²) in [5.74, 6) is 0.122. The molecule has 0 amide bonds. The lowest BCUT2D eigenvalue weighted by Crippen LogP contribution is -2.31. The Kier molecular flexibility index (Phi) is 4.83. The molecule has 1 heterocycles. The van der Waals surface area contributed by atoms with Gasteiger partial charge in [0.1, 0.15) is 5.25 Å². The monoisotopic (exact) mass is 327 g/mol. The maximum atomic E-state index is 11.8. The normalized spacial score (nSPS) is 19.0. The lowest BCUT2D eigenvalue weighted by atomic mass is 10.1. The zero-order chi connectivity index (χ0) is 16.4. The second kappa shape index (κ2) is 6.85. The van der Waals surface area contributed by atoms with Gasteiger partial charge in [0, 0.05) is 30.7 Å². The average Bonchev–Trinajstić information content (AvgIpc) is 2.53. The third-order valence-electron chi connectivity index (χ3n) is 4.16. The molecule has 0 saturated carbocycles. The zero-order valence-corrected chi connectivity index (χ0v) is 14.8. The molecule has 0 spiro atoms. The summed E-state index contributed by atoms with van der Waals surface area (Å²) in [6, 6.07) is 6.09. The molecule has 3 rings (SSSR count). The van der Waals surface area contributed by atoms with Crippen LogP contribution in [0.2, 0.25) is 0 Å². The van der Waals surface area contributed by atoms with E-state index in [1.807, 2.05) is 17.8 Å². The molecule has 2 aliphatic rings. The van der Waals surface area contributed by atoms with E-state index in [1.54, 1.807) is 6.92 Å². The summed E-state index contributed by atoms with van der Waals surface area (Å²) in [6.07, 6.45) is 9.77. The van der Waals surface area contributed by atoms with Crippen molar-refractivity contribution in [3.63, 3.8) is 0 Å². The van der Waals surface area contributed by atoms with Crippen LogP contribution in [0.1, 0.15) is 23.7 Å². The quantitative estimate of drug-likeness (QED) is 0.610. The molecule has 0 bridgehead atoms. The highest BCUT2D eigenvalue weighted by atomic mass is 32.2. The Morgan fingerprint density at radius 2 is 2.13 bits per heavy atom. The number of hydrogen-bond donors (Lipinski definition) is 0. The van der Waals surface area contributed by atoms with E-state index in [2.05, 4.69) is 60.0 Å². The van der Waals surface area contributed by atoms with Crippen molar-refractivity contribution in [2.45, 2.75) is 23.5 Å². The van der Waals surface area contributed by atoms with Gasteiger partial charge in [0.2, 0.25) is 5.69 Å². The molecule has 1 aliphatic carbocycles. The molecular weight excluding hydrogens is 304 g/mol. The van der Waals surface area contributed by atoms with Crippen LogP contribution in [0.3, 0.4) is 0 Å². The molecular formula is C19H23N2OS+. The van der Waals surface area contributed by atoms with Crippen LogP contribution >= 0.6 is 11.8 Å². The third kappa shape index (κ3) is 3.48. The van der Waals surface area contributed by atoms with Crippen LogP contribution in [0.25, 0.3) is 0 Å². The number of nitrogens with zero attached hydrogens (tertiary/aromatic N) is 2. The first-order valence-corrected chi connectivity index (χ1v) is 8.90. The number of rotatable bonds is 5. The van der Waals surface area contributed by atoms with Gasteiger partial charge in [-0.25, -0.2) is 0 Å². The lowest BCUT2D eigenvalue weighted by molar-refractivity contribution is -0.444. The van der Waals surface area contributed by atoms with E-state index >= 15 is 0 Å². The summed E-state index contributed by atoms with van der Waals surface area (Å²) in [6.45, 7) is 3.66. The first kappa shape index (κ1) is 16.2. The van der Waals surface area contributed by atoms with Gasteiger partial charge in [-0.15, -0.1) is 11.8 Å². The summed E-state index contributed by atoms with van der Waals surface area (Å²) < 4.78 is 2.40. The Bertz CT molecular complexity index is 716. The topological polar surface area (TPSA) is 23.3 Å². The van der Waals surface area contributed by atoms with Crippen LogP contribution < -0.4 is 0 Å². The predicted molar refractivity (Wildman–Crippen MR) is 97.3 cm³/mol. The Hall–Kier alpha value is -1.65. The Morgan fingerprint density at radius 1 is 1.30 bits per heavy atom. The van der Waals surface area contributed by atoms with Crippen molar-refractivity contribution >= 4 is 28.9 Å². The van der Waals surface area contributed by atoms with Crippen LogP contribution in [0.4, 0.5) is 5.69 Å². The molecule has 1 atom stereocenters. The predicted octanol–water partition coefficient (Wildman–Crippen LogP) is 3.53. The van der Waals surface area contributed by atoms with Crippen molar-refractivity contribution in [1.29, 1.82) is 0 Å². The SMILES string of the molecule is CC(=O)c1ccc2c(c1)[N+](CCCN(C)C)=C1C=CC=CC1S2. The fraction of sp³-hybridized carbons (Fsp3) is 0.368. The van der Waals surface area contributed by atoms with E-state index in [-0.39, 0.29) is 5.78 Å². The molecule has 1 unspecified atom stereocenters. The van der Waals surface area contributed by atoms with Crippen molar-refractivity contribution in [3.8, 4) is 0 Å². The standard InChI is InChI=1S/C19H23N2OS/c1-14(22)15-9-10-19-17(13-15)21(12-6-11-20(2)3)16-7-4-5-8-18(16)23-19/h4-5,7-10,13,18H,6,11-12H2,1-3H3/q+1. The number of allylic oxidation sites excluding steroid dienone is 3. The van der Waals surface area contributed by atoms with Crippen molar-refractivity contribution in [3.05, 3.63) is 48.1 Å². The number of benzene rings is 1. The van der Waals surface area contributed by atoms with Gasteiger partial charge in [0.15, 0.2) is 18.0 Å². The molecule has 0 saturated heterocycles. The van der Waals surface area contributed by atoms with Gasteiger partial charge in [0.25, 0.3) is 0 Å². The maximum absolute atomic E-state index is 11.8. The lowest BCUT2D eigenvalue weighted by Gasteiger charge is -2.23. The van der Waals surface area contributed by atoms with Crippen LogP contribution in [0.5, 0.6) is 0 Å². The Balaban J connectivity index is 2.01. The third-order valence-corrected chi connectivity index (χ3v) is 5.42. The molecule has 4 heteroatoms. The molecule has 0 fully saturated rings. The van der Waals surface area contributed by atoms with E-state index in [9.17, 15) is 4.79 Å². The van der Waals surface area contributed by atoms with Gasteiger partial charge in [0.05, 0.1) is 4.90 Å². The zero-order valence-electron chi connectivity index (χ0n) is 14.0. The average molecular weight is 327 g/mol. The van der Waals surface area contributed by atoms with Gasteiger partial charge in [-0.1, -0.05) is 18.2 Å². The Morgan fingerprint density at radius 3 is 2.87 bits per heavy atom. The number of carbonyl (C=O) groups excluding carboxylic acids is 1. The Labute approximate surface area is 142 Å². The molecule has 23 heavy (non-hydrogen) atoms. The van der Waals surface area contributed by atoms with Crippen molar-refractivity contribution < 1.29 is 9.37 Å². The molecule has 120 valence electrons. The van der Waals surface area contributed by atoms with Gasteiger partial charge in [-0.3, -0.25) is 4.79 Å². The molecule has 0 radical (unpaired) electrons. The maximum Gasteiger partial charge on any atom is 0.219 e. The fourth-order valence-electron chi connectivity index (χ4n) is 2.97. The second-order valence-electron chi connectivity index (χ2n) is 6.25. The first-order chi connectivity index (χ1) is 11.1. The van der Waals surface area contributed by atoms with E-state index in [0.29, 0.717) is 5.25 Å². The molecule has 0 N–H and O–H groups in total. The van der Waals surface area contributed by atoms with E-state index in [0.717, 1.165) is 25.1 Å². The molecule has 1 aromatic rings. The highest BCUT2D eigenvalue weighted by Gasteiger charge is 2.33. The minimum atomic E-state index is 0.122. The summed E-state index contributed by atoms with van der Waals surface area (Å²) in [7, 11) is 4.21. The highest BCUT2D eigenvalue weighted by molar-refractivity contribution is 8.01. The van der Waals surface area contributed by atoms with Gasteiger partial charge < -0.3 is 4.90 Å². The minimum absolute atomic E-state index is 0.122. The van der Waals surface area contributed by atoms with Crippen molar-refractivity contribution in [2.75, 3.05) is 27.2 Å². The smallest absolute Gasteiger partial charge is 0.219 e. The molecule has 0 aromatic heterocycles. The summed E-state index contributed by atoms with van der Waals surface area (Å²) in [5.41, 5.74) is 3.29. The van der Waals surface area contributed by atoms with Crippen LogP contribution in [-0.4, -0.2) is 53.4 Å². The first-order valence-electron chi connectivity index (χ1n) is 8.02. The van der Waals surface area contributed by atoms with Crippen LogP contribution in [-0.2, 0) is 0 Å². The number of fused-ring (bicyclic) bond motifs is 2.